The molecule has 1 atom stereocenters. The summed E-state index contributed by atoms with van der Waals surface area (Å²) in [6.07, 6.45) is -1.23. The fourth-order valence-corrected chi connectivity index (χ4v) is 2.97. The average molecular weight is 360 g/mol. The molecule has 0 spiro atoms. The minimum atomic E-state index is -2.64. The third-order valence-electron chi connectivity index (χ3n) is 3.96. The Morgan fingerprint density at radius 1 is 1.04 bits per heavy atom. The molecule has 1 heterocycles. The summed E-state index contributed by atoms with van der Waals surface area (Å²) in [6.45, 7) is 1.68. The lowest BCUT2D eigenvalue weighted by Crippen LogP contribution is -2.01. The number of alkyl halides is 2. The van der Waals surface area contributed by atoms with Crippen molar-refractivity contribution in [3.05, 3.63) is 65.9 Å². The van der Waals surface area contributed by atoms with Gasteiger partial charge in [-0.2, -0.15) is 5.10 Å². The standard InChI is InChI=1S/C19H18F2N2OS/c1-12(24)13-3-7-15(8-4-13)23-18(11-17(22-23)19(20)21)14-5-9-16(25-2)10-6-14/h3-12,19,24H,1-2H3. The van der Waals surface area contributed by atoms with Gasteiger partial charge in [0.1, 0.15) is 5.69 Å². The number of hydrogen-bond donors (Lipinski definition) is 1. The summed E-state index contributed by atoms with van der Waals surface area (Å²) in [5.41, 5.74) is 2.59. The maximum atomic E-state index is 13.2. The smallest absolute Gasteiger partial charge is 0.282 e. The van der Waals surface area contributed by atoms with Crippen molar-refractivity contribution in [2.75, 3.05) is 6.26 Å². The number of halogens is 2. The van der Waals surface area contributed by atoms with Gasteiger partial charge in [-0.05, 0) is 49.1 Å². The van der Waals surface area contributed by atoms with Crippen LogP contribution in [0, 0.1) is 0 Å². The lowest BCUT2D eigenvalue weighted by Gasteiger charge is -2.10. The van der Waals surface area contributed by atoms with Gasteiger partial charge in [0.15, 0.2) is 0 Å². The molecular formula is C19H18F2N2OS. The number of hydrogen-bond acceptors (Lipinski definition) is 3. The summed E-state index contributed by atoms with van der Waals surface area (Å²) in [5.74, 6) is 0. The third-order valence-corrected chi connectivity index (χ3v) is 4.70. The average Bonchev–Trinajstić information content (AvgIpc) is 3.07. The first-order valence-electron chi connectivity index (χ1n) is 7.80. The second-order valence-electron chi connectivity index (χ2n) is 5.66. The molecule has 3 nitrogen and oxygen atoms in total. The Balaban J connectivity index is 2.08. The molecule has 1 unspecified atom stereocenters. The molecule has 0 radical (unpaired) electrons. The van der Waals surface area contributed by atoms with Crippen LogP contribution in [-0.4, -0.2) is 21.1 Å². The molecule has 0 bridgehead atoms. The van der Waals surface area contributed by atoms with Crippen LogP contribution in [0.4, 0.5) is 8.78 Å². The van der Waals surface area contributed by atoms with E-state index in [1.165, 1.54) is 10.7 Å². The molecule has 0 saturated heterocycles. The van der Waals surface area contributed by atoms with Crippen molar-refractivity contribution in [3.63, 3.8) is 0 Å². The molecule has 0 aliphatic heterocycles. The Hall–Kier alpha value is -2.18. The highest BCUT2D eigenvalue weighted by Crippen LogP contribution is 2.29. The second kappa shape index (κ2) is 7.37. The van der Waals surface area contributed by atoms with E-state index in [1.54, 1.807) is 43.0 Å². The van der Waals surface area contributed by atoms with E-state index in [4.69, 9.17) is 0 Å². The van der Waals surface area contributed by atoms with Gasteiger partial charge in [0.25, 0.3) is 6.43 Å². The van der Waals surface area contributed by atoms with Crippen molar-refractivity contribution in [1.29, 1.82) is 0 Å². The fourth-order valence-electron chi connectivity index (χ4n) is 2.56. The highest BCUT2D eigenvalue weighted by molar-refractivity contribution is 7.98. The predicted octanol–water partition coefficient (Wildman–Crippen LogP) is 5.25. The van der Waals surface area contributed by atoms with Crippen LogP contribution in [0.25, 0.3) is 16.9 Å². The topological polar surface area (TPSA) is 38.0 Å². The van der Waals surface area contributed by atoms with Gasteiger partial charge in [0, 0.05) is 10.5 Å². The van der Waals surface area contributed by atoms with Crippen LogP contribution < -0.4 is 0 Å². The molecule has 2 aromatic carbocycles. The summed E-state index contributed by atoms with van der Waals surface area (Å²) in [6, 6.07) is 16.2. The van der Waals surface area contributed by atoms with E-state index in [0.29, 0.717) is 11.4 Å². The SMILES string of the molecule is CSc1ccc(-c2cc(C(F)F)nn2-c2ccc(C(C)O)cc2)cc1. The lowest BCUT2D eigenvalue weighted by molar-refractivity contribution is 0.145. The van der Waals surface area contributed by atoms with Gasteiger partial charge in [-0.25, -0.2) is 13.5 Å². The van der Waals surface area contributed by atoms with Gasteiger partial charge >= 0.3 is 0 Å². The van der Waals surface area contributed by atoms with Crippen molar-refractivity contribution in [2.24, 2.45) is 0 Å². The minimum Gasteiger partial charge on any atom is -0.389 e. The number of aromatic nitrogens is 2. The number of aliphatic hydroxyl groups excluding tert-OH is 1. The van der Waals surface area contributed by atoms with Crippen LogP contribution in [0.1, 0.15) is 30.7 Å². The molecule has 3 rings (SSSR count). The molecule has 1 aromatic heterocycles. The maximum absolute atomic E-state index is 13.2. The van der Waals surface area contributed by atoms with Crippen LogP contribution in [0.3, 0.4) is 0 Å². The molecule has 0 amide bonds. The van der Waals surface area contributed by atoms with Gasteiger partial charge in [-0.3, -0.25) is 0 Å². The highest BCUT2D eigenvalue weighted by atomic mass is 32.2. The summed E-state index contributed by atoms with van der Waals surface area (Å²) in [4.78, 5) is 1.10. The minimum absolute atomic E-state index is 0.261. The Morgan fingerprint density at radius 2 is 1.68 bits per heavy atom. The quantitative estimate of drug-likeness (QED) is 0.631. The number of rotatable bonds is 5. The largest absolute Gasteiger partial charge is 0.389 e. The second-order valence-corrected chi connectivity index (χ2v) is 6.54. The highest BCUT2D eigenvalue weighted by Gasteiger charge is 2.18. The molecule has 130 valence electrons. The Morgan fingerprint density at radius 3 is 2.20 bits per heavy atom. The van der Waals surface area contributed by atoms with Crippen molar-refractivity contribution >= 4 is 11.8 Å². The zero-order valence-corrected chi connectivity index (χ0v) is 14.7. The monoisotopic (exact) mass is 360 g/mol. The molecular weight excluding hydrogens is 342 g/mol. The van der Waals surface area contributed by atoms with E-state index in [9.17, 15) is 13.9 Å². The molecule has 1 N–H and O–H groups in total. The summed E-state index contributed by atoms with van der Waals surface area (Å²) in [5, 5.41) is 13.7. The van der Waals surface area contributed by atoms with Crippen molar-refractivity contribution in [3.8, 4) is 16.9 Å². The molecule has 0 aliphatic rings. The van der Waals surface area contributed by atoms with Crippen molar-refractivity contribution < 1.29 is 13.9 Å². The third kappa shape index (κ3) is 3.75. The van der Waals surface area contributed by atoms with Crippen LogP contribution >= 0.6 is 11.8 Å². The normalized spacial score (nSPS) is 12.6. The first-order valence-corrected chi connectivity index (χ1v) is 9.03. The number of benzene rings is 2. The van der Waals surface area contributed by atoms with E-state index in [1.807, 2.05) is 30.5 Å². The van der Waals surface area contributed by atoms with Crippen LogP contribution in [0.5, 0.6) is 0 Å². The zero-order chi connectivity index (χ0) is 18.0. The number of thioether (sulfide) groups is 1. The van der Waals surface area contributed by atoms with Crippen molar-refractivity contribution in [1.82, 2.24) is 9.78 Å². The van der Waals surface area contributed by atoms with E-state index in [-0.39, 0.29) is 5.69 Å². The van der Waals surface area contributed by atoms with Gasteiger partial charge in [-0.1, -0.05) is 24.3 Å². The molecule has 0 aliphatic carbocycles. The van der Waals surface area contributed by atoms with Crippen LogP contribution in [0.15, 0.2) is 59.5 Å². The predicted molar refractivity (Wildman–Crippen MR) is 96.4 cm³/mol. The molecule has 3 aromatic rings. The van der Waals surface area contributed by atoms with Gasteiger partial charge in [-0.15, -0.1) is 11.8 Å². The summed E-state index contributed by atoms with van der Waals surface area (Å²) in [7, 11) is 0. The zero-order valence-electron chi connectivity index (χ0n) is 13.9. The van der Waals surface area contributed by atoms with Gasteiger partial charge < -0.3 is 5.11 Å². The summed E-state index contributed by atoms with van der Waals surface area (Å²) >= 11 is 1.62. The Kier molecular flexibility index (Phi) is 5.20. The van der Waals surface area contributed by atoms with Crippen LogP contribution in [-0.2, 0) is 0 Å². The van der Waals surface area contributed by atoms with E-state index in [2.05, 4.69) is 5.10 Å². The molecule has 25 heavy (non-hydrogen) atoms. The van der Waals surface area contributed by atoms with Gasteiger partial charge in [0.2, 0.25) is 0 Å². The Bertz CT molecular complexity index is 843. The number of aliphatic hydroxyl groups is 1. The first kappa shape index (κ1) is 17.6. The van der Waals surface area contributed by atoms with E-state index in [0.717, 1.165) is 16.0 Å². The fraction of sp³-hybridized carbons (Fsp3) is 0.211. The lowest BCUT2D eigenvalue weighted by atomic mass is 10.1. The van der Waals surface area contributed by atoms with E-state index < -0.39 is 12.5 Å². The van der Waals surface area contributed by atoms with Crippen LogP contribution in [0.2, 0.25) is 0 Å². The van der Waals surface area contributed by atoms with Gasteiger partial charge in [0.05, 0.1) is 17.5 Å². The molecule has 6 heteroatoms. The Labute approximate surface area is 149 Å². The first-order chi connectivity index (χ1) is 12.0. The summed E-state index contributed by atoms with van der Waals surface area (Å²) < 4.78 is 27.9. The molecule has 0 saturated carbocycles. The molecule has 0 fully saturated rings. The maximum Gasteiger partial charge on any atom is 0.282 e. The van der Waals surface area contributed by atoms with E-state index >= 15 is 0 Å². The van der Waals surface area contributed by atoms with Crippen molar-refractivity contribution in [2.45, 2.75) is 24.3 Å². The number of nitrogens with zero attached hydrogens (tertiary/aromatic N) is 2.